The van der Waals surface area contributed by atoms with E-state index in [-0.39, 0.29) is 0 Å². The molecule has 0 bridgehead atoms. The molecule has 1 heterocycles. The van der Waals surface area contributed by atoms with Crippen molar-refractivity contribution in [3.8, 4) is 0 Å². The smallest absolute Gasteiger partial charge is 0.0856 e. The van der Waals surface area contributed by atoms with Gasteiger partial charge in [0.1, 0.15) is 0 Å². The van der Waals surface area contributed by atoms with Crippen LogP contribution in [-0.4, -0.2) is 14.0 Å². The lowest BCUT2D eigenvalue weighted by atomic mass is 10.3. The third-order valence-electron chi connectivity index (χ3n) is 2.69. The average Bonchev–Trinajstić information content (AvgIpc) is 2.56. The van der Waals surface area contributed by atoms with Gasteiger partial charge in [0.2, 0.25) is 0 Å². The van der Waals surface area contributed by atoms with Gasteiger partial charge in [-0.3, -0.25) is 8.89 Å². The third-order valence-corrected chi connectivity index (χ3v) is 4.58. The number of aromatic nitrogens is 2. The first-order valence-corrected chi connectivity index (χ1v) is 7.11. The second-order valence-corrected chi connectivity index (χ2v) is 5.79. The van der Waals surface area contributed by atoms with Crippen molar-refractivity contribution in [2.24, 2.45) is 7.05 Å². The highest BCUT2D eigenvalue weighted by atomic mass is 35.5. The van der Waals surface area contributed by atoms with Gasteiger partial charge in [0.25, 0.3) is 0 Å². The molecular weight excluding hydrogens is 270 g/mol. The van der Waals surface area contributed by atoms with Crippen molar-refractivity contribution in [3.05, 3.63) is 40.7 Å². The largest absolute Gasteiger partial charge is 0.398 e. The van der Waals surface area contributed by atoms with E-state index in [2.05, 4.69) is 5.10 Å². The van der Waals surface area contributed by atoms with Gasteiger partial charge < -0.3 is 5.73 Å². The number of hydrogen-bond donors (Lipinski definition) is 1. The Morgan fingerprint density at radius 2 is 2.11 bits per heavy atom. The van der Waals surface area contributed by atoms with Crippen molar-refractivity contribution in [1.82, 2.24) is 9.78 Å². The fraction of sp³-hybridized carbons (Fsp3) is 0.250. The maximum Gasteiger partial charge on any atom is 0.0856 e. The molecule has 18 heavy (non-hydrogen) atoms. The van der Waals surface area contributed by atoms with Crippen molar-refractivity contribution < 1.29 is 4.21 Å². The fourth-order valence-electron chi connectivity index (χ4n) is 1.73. The lowest BCUT2D eigenvalue weighted by molar-refractivity contribution is 0.676. The predicted octanol–water partition coefficient (Wildman–Crippen LogP) is 2.27. The molecule has 0 radical (unpaired) electrons. The molecular formula is C12H14ClN3OS. The van der Waals surface area contributed by atoms with Gasteiger partial charge in [0, 0.05) is 12.7 Å². The number of halogens is 1. The van der Waals surface area contributed by atoms with E-state index in [9.17, 15) is 4.21 Å². The van der Waals surface area contributed by atoms with Gasteiger partial charge in [0.05, 0.1) is 37.9 Å². The summed E-state index contributed by atoms with van der Waals surface area (Å²) in [7, 11) is 0.568. The summed E-state index contributed by atoms with van der Waals surface area (Å²) in [6, 6.07) is 7.14. The second-order valence-electron chi connectivity index (χ2n) is 4.00. The quantitative estimate of drug-likeness (QED) is 0.879. The topological polar surface area (TPSA) is 60.9 Å². The summed E-state index contributed by atoms with van der Waals surface area (Å²) in [6.45, 7) is 1.83. The van der Waals surface area contributed by atoms with Crippen LogP contribution in [0, 0.1) is 6.92 Å². The summed E-state index contributed by atoms with van der Waals surface area (Å²) in [5.41, 5.74) is 7.84. The van der Waals surface area contributed by atoms with Gasteiger partial charge in [-0.1, -0.05) is 23.7 Å². The number of rotatable bonds is 3. The van der Waals surface area contributed by atoms with Gasteiger partial charge >= 0.3 is 0 Å². The van der Waals surface area contributed by atoms with Crippen LogP contribution >= 0.6 is 11.6 Å². The lowest BCUT2D eigenvalue weighted by Crippen LogP contribution is -2.05. The number of para-hydroxylation sites is 1. The van der Waals surface area contributed by atoms with Crippen LogP contribution in [0.5, 0.6) is 0 Å². The van der Waals surface area contributed by atoms with Gasteiger partial charge in [0.15, 0.2) is 0 Å². The summed E-state index contributed by atoms with van der Waals surface area (Å²) >= 11 is 6.14. The zero-order valence-electron chi connectivity index (χ0n) is 10.2. The van der Waals surface area contributed by atoms with Crippen LogP contribution in [0.1, 0.15) is 11.4 Å². The normalized spacial score (nSPS) is 12.6. The molecule has 0 aliphatic heterocycles. The third kappa shape index (κ3) is 2.42. The van der Waals surface area contributed by atoms with Gasteiger partial charge in [-0.05, 0) is 19.1 Å². The Kier molecular flexibility index (Phi) is 3.73. The highest BCUT2D eigenvalue weighted by Crippen LogP contribution is 2.24. The van der Waals surface area contributed by atoms with E-state index in [1.165, 1.54) is 0 Å². The van der Waals surface area contributed by atoms with Gasteiger partial charge in [-0.25, -0.2) is 0 Å². The second kappa shape index (κ2) is 5.12. The number of nitrogens with zero attached hydrogens (tertiary/aromatic N) is 2. The number of benzene rings is 1. The molecule has 6 heteroatoms. The van der Waals surface area contributed by atoms with Crippen molar-refractivity contribution in [3.63, 3.8) is 0 Å². The molecule has 1 atom stereocenters. The Hall–Kier alpha value is -1.33. The molecule has 0 aliphatic carbocycles. The minimum absolute atomic E-state index is 0.310. The first-order chi connectivity index (χ1) is 8.50. The first-order valence-electron chi connectivity index (χ1n) is 5.41. The van der Waals surface area contributed by atoms with Crippen LogP contribution in [-0.2, 0) is 23.6 Å². The highest BCUT2D eigenvalue weighted by Gasteiger charge is 2.16. The number of aryl methyl sites for hydroxylation is 2. The van der Waals surface area contributed by atoms with E-state index in [4.69, 9.17) is 17.3 Å². The summed E-state index contributed by atoms with van der Waals surface area (Å²) in [4.78, 5) is 0.632. The Morgan fingerprint density at radius 1 is 1.44 bits per heavy atom. The van der Waals surface area contributed by atoms with E-state index in [0.29, 0.717) is 21.4 Å². The van der Waals surface area contributed by atoms with Crippen LogP contribution in [0.4, 0.5) is 5.69 Å². The van der Waals surface area contributed by atoms with Crippen LogP contribution < -0.4 is 5.73 Å². The van der Waals surface area contributed by atoms with Gasteiger partial charge in [-0.2, -0.15) is 5.10 Å². The molecule has 1 aromatic heterocycles. The maximum absolute atomic E-state index is 12.3. The summed E-state index contributed by atoms with van der Waals surface area (Å²) in [5, 5.41) is 4.77. The standard InChI is InChI=1S/C12H14ClN3OS/c1-8-12(13)10(16(2)15-8)7-18(17)11-6-4-3-5-9(11)14/h3-6H,7,14H2,1-2H3. The molecule has 0 saturated carbocycles. The maximum atomic E-state index is 12.3. The van der Waals surface area contributed by atoms with E-state index in [0.717, 1.165) is 11.4 Å². The summed E-state index contributed by atoms with van der Waals surface area (Å²) < 4.78 is 13.9. The SMILES string of the molecule is Cc1nn(C)c(CS(=O)c2ccccc2N)c1Cl. The van der Waals surface area contributed by atoms with Crippen molar-refractivity contribution in [2.75, 3.05) is 5.73 Å². The van der Waals surface area contributed by atoms with E-state index in [1.807, 2.05) is 19.1 Å². The van der Waals surface area contributed by atoms with Crippen molar-refractivity contribution >= 4 is 28.1 Å². The fourth-order valence-corrected chi connectivity index (χ4v) is 3.33. The first kappa shape index (κ1) is 13.1. The van der Waals surface area contributed by atoms with Crippen LogP contribution in [0.2, 0.25) is 5.02 Å². The molecule has 0 aliphatic rings. The molecule has 2 aromatic rings. The number of nitrogen functional groups attached to an aromatic ring is 1. The number of nitrogens with two attached hydrogens (primary N) is 1. The minimum Gasteiger partial charge on any atom is -0.398 e. The molecule has 0 amide bonds. The monoisotopic (exact) mass is 283 g/mol. The molecule has 1 unspecified atom stereocenters. The molecule has 2 N–H and O–H groups in total. The molecule has 0 spiro atoms. The minimum atomic E-state index is -1.22. The predicted molar refractivity (Wildman–Crippen MR) is 73.9 cm³/mol. The lowest BCUT2D eigenvalue weighted by Gasteiger charge is -2.06. The Morgan fingerprint density at radius 3 is 2.67 bits per heavy atom. The zero-order chi connectivity index (χ0) is 13.3. The number of hydrogen-bond acceptors (Lipinski definition) is 3. The highest BCUT2D eigenvalue weighted by molar-refractivity contribution is 7.84. The average molecular weight is 284 g/mol. The molecule has 2 rings (SSSR count). The van der Waals surface area contributed by atoms with E-state index in [1.54, 1.807) is 23.9 Å². The Labute approximate surface area is 113 Å². The van der Waals surface area contributed by atoms with Crippen LogP contribution in [0.3, 0.4) is 0 Å². The van der Waals surface area contributed by atoms with Crippen molar-refractivity contribution in [1.29, 1.82) is 0 Å². The van der Waals surface area contributed by atoms with Crippen molar-refractivity contribution in [2.45, 2.75) is 17.6 Å². The Balaban J connectivity index is 2.30. The zero-order valence-corrected chi connectivity index (χ0v) is 11.8. The summed E-state index contributed by atoms with van der Waals surface area (Å²) in [5.74, 6) is 0.310. The van der Waals surface area contributed by atoms with E-state index >= 15 is 0 Å². The molecule has 4 nitrogen and oxygen atoms in total. The molecule has 0 fully saturated rings. The van der Waals surface area contributed by atoms with Crippen LogP contribution in [0.15, 0.2) is 29.2 Å². The summed E-state index contributed by atoms with van der Waals surface area (Å²) in [6.07, 6.45) is 0. The molecule has 0 saturated heterocycles. The van der Waals surface area contributed by atoms with Crippen LogP contribution in [0.25, 0.3) is 0 Å². The molecule has 1 aromatic carbocycles. The number of anilines is 1. The van der Waals surface area contributed by atoms with Gasteiger partial charge in [-0.15, -0.1) is 0 Å². The van der Waals surface area contributed by atoms with E-state index < -0.39 is 10.8 Å². The Bertz CT molecular complexity index is 609. The molecule has 96 valence electrons.